The molecule has 0 saturated heterocycles. The SMILES string of the molecule is CCCCCNS(=O)(=O)c1ccc(Br)s1. The maximum Gasteiger partial charge on any atom is 0.250 e. The van der Waals surface area contributed by atoms with Crippen molar-refractivity contribution in [2.75, 3.05) is 6.54 Å². The lowest BCUT2D eigenvalue weighted by Crippen LogP contribution is -2.23. The molecule has 15 heavy (non-hydrogen) atoms. The van der Waals surface area contributed by atoms with E-state index in [1.807, 2.05) is 0 Å². The number of unbranched alkanes of at least 4 members (excludes halogenated alkanes) is 2. The molecule has 0 bridgehead atoms. The molecule has 1 N–H and O–H groups in total. The number of sulfonamides is 1. The van der Waals surface area contributed by atoms with Gasteiger partial charge in [0, 0.05) is 6.54 Å². The van der Waals surface area contributed by atoms with Gasteiger partial charge >= 0.3 is 0 Å². The van der Waals surface area contributed by atoms with Crippen LogP contribution in [0.25, 0.3) is 0 Å². The molecule has 0 aliphatic carbocycles. The molecular formula is C9H14BrNO2S2. The van der Waals surface area contributed by atoms with Gasteiger partial charge in [0.2, 0.25) is 10.0 Å². The molecule has 3 nitrogen and oxygen atoms in total. The zero-order valence-electron chi connectivity index (χ0n) is 8.49. The highest BCUT2D eigenvalue weighted by Gasteiger charge is 2.15. The van der Waals surface area contributed by atoms with Gasteiger partial charge in [-0.3, -0.25) is 0 Å². The van der Waals surface area contributed by atoms with Crippen molar-refractivity contribution >= 4 is 37.3 Å². The van der Waals surface area contributed by atoms with E-state index in [4.69, 9.17) is 0 Å². The van der Waals surface area contributed by atoms with Crippen LogP contribution in [0.4, 0.5) is 0 Å². The lowest BCUT2D eigenvalue weighted by Gasteiger charge is -2.03. The van der Waals surface area contributed by atoms with E-state index < -0.39 is 10.0 Å². The second kappa shape index (κ2) is 5.98. The molecule has 0 fully saturated rings. The maximum absolute atomic E-state index is 11.7. The first-order valence-electron chi connectivity index (χ1n) is 4.81. The van der Waals surface area contributed by atoms with Crippen LogP contribution in [0.5, 0.6) is 0 Å². The van der Waals surface area contributed by atoms with Gasteiger partial charge in [-0.1, -0.05) is 19.8 Å². The third kappa shape index (κ3) is 4.22. The second-order valence-corrected chi connectivity index (χ2v) is 7.62. The van der Waals surface area contributed by atoms with E-state index >= 15 is 0 Å². The van der Waals surface area contributed by atoms with Crippen molar-refractivity contribution in [1.29, 1.82) is 0 Å². The van der Waals surface area contributed by atoms with Crippen LogP contribution in [0, 0.1) is 0 Å². The molecule has 6 heteroatoms. The van der Waals surface area contributed by atoms with Crippen molar-refractivity contribution in [3.63, 3.8) is 0 Å². The summed E-state index contributed by atoms with van der Waals surface area (Å²) >= 11 is 4.47. The number of thiophene rings is 1. The van der Waals surface area contributed by atoms with Gasteiger partial charge in [0.05, 0.1) is 3.79 Å². The Morgan fingerprint density at radius 2 is 2.13 bits per heavy atom. The van der Waals surface area contributed by atoms with E-state index in [9.17, 15) is 8.42 Å². The molecule has 0 aliphatic heterocycles. The van der Waals surface area contributed by atoms with Crippen molar-refractivity contribution in [3.05, 3.63) is 15.9 Å². The Labute approximate surface area is 103 Å². The first-order valence-corrected chi connectivity index (χ1v) is 7.90. The maximum atomic E-state index is 11.7. The van der Waals surface area contributed by atoms with Gasteiger partial charge in [0.1, 0.15) is 4.21 Å². The monoisotopic (exact) mass is 311 g/mol. The molecule has 0 unspecified atom stereocenters. The standard InChI is InChI=1S/C9H14BrNO2S2/c1-2-3-4-7-11-15(12,13)9-6-5-8(10)14-9/h5-6,11H,2-4,7H2,1H3. The number of rotatable bonds is 6. The van der Waals surface area contributed by atoms with Crippen LogP contribution >= 0.6 is 27.3 Å². The van der Waals surface area contributed by atoms with Crippen LogP contribution in [-0.4, -0.2) is 15.0 Å². The third-order valence-corrected chi connectivity index (χ3v) is 5.46. The molecule has 0 spiro atoms. The van der Waals surface area contributed by atoms with Crippen molar-refractivity contribution in [1.82, 2.24) is 4.72 Å². The average Bonchev–Trinajstić information content (AvgIpc) is 2.60. The van der Waals surface area contributed by atoms with E-state index in [1.165, 1.54) is 11.3 Å². The fraction of sp³-hybridized carbons (Fsp3) is 0.556. The Kier molecular flexibility index (Phi) is 5.25. The third-order valence-electron chi connectivity index (χ3n) is 1.89. The van der Waals surface area contributed by atoms with Crippen LogP contribution < -0.4 is 4.72 Å². The van der Waals surface area contributed by atoms with Crippen molar-refractivity contribution in [3.8, 4) is 0 Å². The Morgan fingerprint density at radius 3 is 2.67 bits per heavy atom. The summed E-state index contributed by atoms with van der Waals surface area (Å²) in [7, 11) is -3.28. The molecule has 0 aromatic carbocycles. The van der Waals surface area contributed by atoms with E-state index in [0.29, 0.717) is 10.8 Å². The second-order valence-electron chi connectivity index (χ2n) is 3.16. The molecule has 0 aliphatic rings. The topological polar surface area (TPSA) is 46.2 Å². The summed E-state index contributed by atoms with van der Waals surface area (Å²) in [6, 6.07) is 3.35. The first-order chi connectivity index (χ1) is 7.06. The molecule has 1 aromatic rings. The van der Waals surface area contributed by atoms with Gasteiger partial charge in [-0.05, 0) is 34.5 Å². The van der Waals surface area contributed by atoms with E-state index in [0.717, 1.165) is 23.0 Å². The first kappa shape index (κ1) is 13.2. The summed E-state index contributed by atoms with van der Waals surface area (Å²) in [5.74, 6) is 0. The van der Waals surface area contributed by atoms with Gasteiger partial charge in [0.15, 0.2) is 0 Å². The minimum Gasteiger partial charge on any atom is -0.210 e. The van der Waals surface area contributed by atoms with Crippen LogP contribution in [0.15, 0.2) is 20.1 Å². The van der Waals surface area contributed by atoms with E-state index in [2.05, 4.69) is 27.6 Å². The normalized spacial score (nSPS) is 11.9. The van der Waals surface area contributed by atoms with Gasteiger partial charge in [-0.15, -0.1) is 11.3 Å². The minimum absolute atomic E-state index is 0.367. The zero-order valence-corrected chi connectivity index (χ0v) is 11.7. The van der Waals surface area contributed by atoms with E-state index in [1.54, 1.807) is 12.1 Å². The summed E-state index contributed by atoms with van der Waals surface area (Å²) in [6.45, 7) is 2.61. The van der Waals surface area contributed by atoms with Crippen LogP contribution in [0.1, 0.15) is 26.2 Å². The predicted octanol–water partition coefficient (Wildman–Crippen LogP) is 2.98. The molecule has 86 valence electrons. The molecule has 1 heterocycles. The molecule has 0 atom stereocenters. The Hall–Kier alpha value is 0.0900. The number of hydrogen-bond donors (Lipinski definition) is 1. The Balaban J connectivity index is 2.53. The molecule has 0 radical (unpaired) electrons. The highest BCUT2D eigenvalue weighted by molar-refractivity contribution is 9.11. The zero-order chi connectivity index (χ0) is 11.3. The van der Waals surface area contributed by atoms with E-state index in [-0.39, 0.29) is 0 Å². The Bertz CT molecular complexity index is 400. The van der Waals surface area contributed by atoms with Crippen molar-refractivity contribution in [2.24, 2.45) is 0 Å². The van der Waals surface area contributed by atoms with Crippen molar-refractivity contribution < 1.29 is 8.42 Å². The van der Waals surface area contributed by atoms with Gasteiger partial charge < -0.3 is 0 Å². The average molecular weight is 312 g/mol. The summed E-state index contributed by atoms with van der Waals surface area (Å²) in [5, 5.41) is 0. The predicted molar refractivity (Wildman–Crippen MR) is 66.7 cm³/mol. The van der Waals surface area contributed by atoms with Gasteiger partial charge in [-0.2, -0.15) is 0 Å². The van der Waals surface area contributed by atoms with Crippen LogP contribution in [0.2, 0.25) is 0 Å². The minimum atomic E-state index is -3.28. The molecular weight excluding hydrogens is 298 g/mol. The summed E-state index contributed by atoms with van der Waals surface area (Å²) in [5.41, 5.74) is 0. The largest absolute Gasteiger partial charge is 0.250 e. The van der Waals surface area contributed by atoms with Gasteiger partial charge in [-0.25, -0.2) is 13.1 Å². The highest BCUT2D eigenvalue weighted by atomic mass is 79.9. The Morgan fingerprint density at radius 1 is 1.40 bits per heavy atom. The summed E-state index contributed by atoms with van der Waals surface area (Å²) in [6.07, 6.45) is 3.03. The lowest BCUT2D eigenvalue weighted by atomic mass is 10.3. The highest BCUT2D eigenvalue weighted by Crippen LogP contribution is 2.25. The fourth-order valence-electron chi connectivity index (χ4n) is 1.09. The summed E-state index contributed by atoms with van der Waals surface area (Å²) < 4.78 is 27.2. The molecule has 1 aromatic heterocycles. The lowest BCUT2D eigenvalue weighted by molar-refractivity contribution is 0.578. The van der Waals surface area contributed by atoms with Gasteiger partial charge in [0.25, 0.3) is 0 Å². The van der Waals surface area contributed by atoms with Crippen LogP contribution in [0.3, 0.4) is 0 Å². The quantitative estimate of drug-likeness (QED) is 0.821. The number of halogens is 1. The number of hydrogen-bond acceptors (Lipinski definition) is 3. The summed E-state index contributed by atoms with van der Waals surface area (Å²) in [4.78, 5) is 0. The molecule has 0 amide bonds. The molecule has 1 rings (SSSR count). The molecule has 0 saturated carbocycles. The van der Waals surface area contributed by atoms with Crippen LogP contribution in [-0.2, 0) is 10.0 Å². The number of nitrogens with one attached hydrogen (secondary N) is 1. The van der Waals surface area contributed by atoms with Crippen molar-refractivity contribution in [2.45, 2.75) is 30.4 Å². The fourth-order valence-corrected chi connectivity index (χ4v) is 4.22. The smallest absolute Gasteiger partial charge is 0.210 e.